The third-order valence-corrected chi connectivity index (χ3v) is 6.49. The van der Waals surface area contributed by atoms with Crippen molar-refractivity contribution in [1.82, 2.24) is 19.5 Å². The van der Waals surface area contributed by atoms with E-state index >= 15 is 0 Å². The number of anilines is 1. The van der Waals surface area contributed by atoms with Gasteiger partial charge in [0.1, 0.15) is 23.2 Å². The summed E-state index contributed by atoms with van der Waals surface area (Å²) < 4.78 is 1.12. The molecule has 11 nitrogen and oxygen atoms in total. The first kappa shape index (κ1) is 28.0. The number of hydrogen-bond donors (Lipinski definition) is 3. The van der Waals surface area contributed by atoms with Gasteiger partial charge in [-0.3, -0.25) is 14.4 Å². The van der Waals surface area contributed by atoms with Crippen LogP contribution in [0.3, 0.4) is 0 Å². The Hall–Kier alpha value is -4.98. The number of allylic oxidation sites excluding steroid dienone is 1. The summed E-state index contributed by atoms with van der Waals surface area (Å²) in [7, 11) is 0. The Morgan fingerprint density at radius 1 is 1.15 bits per heavy atom. The van der Waals surface area contributed by atoms with Crippen LogP contribution in [-0.4, -0.2) is 43.8 Å². The van der Waals surface area contributed by atoms with Crippen molar-refractivity contribution >= 4 is 23.5 Å². The quantitative estimate of drug-likeness (QED) is 0.244. The predicted octanol–water partition coefficient (Wildman–Crippen LogP) is 3.48. The lowest BCUT2D eigenvalue weighted by molar-refractivity contribution is -0.127. The standard InChI is InChI=1S/C29H32N8O3/c1-17-7-12-22(33-16-17)34-27(39)19-10-8-18(9-11-19)23-24(25(31)38)37(32)26(35-23)21-6-5-13-36(21)28(40)20(15-30)14-29(2,3)4/h7-12,14,16,21H,5-6,13,32H2,1-4H3,(H2,31,38)(H,33,34,39). The molecular formula is C29H32N8O3. The Morgan fingerprint density at radius 3 is 2.42 bits per heavy atom. The third kappa shape index (κ3) is 5.86. The molecule has 206 valence electrons. The van der Waals surface area contributed by atoms with Gasteiger partial charge in [-0.25, -0.2) is 14.6 Å². The highest BCUT2D eigenvalue weighted by Crippen LogP contribution is 2.35. The smallest absolute Gasteiger partial charge is 0.269 e. The number of likely N-dealkylation sites (tertiary alicyclic amines) is 1. The highest BCUT2D eigenvalue weighted by Gasteiger charge is 2.37. The number of nitrogens with one attached hydrogen (secondary N) is 1. The van der Waals surface area contributed by atoms with E-state index in [0.29, 0.717) is 36.3 Å². The molecule has 1 saturated heterocycles. The number of amides is 3. The molecule has 1 fully saturated rings. The fraction of sp³-hybridized carbons (Fsp3) is 0.310. The topological polar surface area (TPSA) is 173 Å². The average Bonchev–Trinajstić information content (AvgIpc) is 3.52. The number of rotatable bonds is 6. The summed E-state index contributed by atoms with van der Waals surface area (Å²) in [5, 5.41) is 12.4. The molecule has 1 unspecified atom stereocenters. The van der Waals surface area contributed by atoms with Crippen LogP contribution >= 0.6 is 0 Å². The van der Waals surface area contributed by atoms with Gasteiger partial charge in [0.15, 0.2) is 11.5 Å². The Morgan fingerprint density at radius 2 is 1.85 bits per heavy atom. The van der Waals surface area contributed by atoms with E-state index in [9.17, 15) is 19.6 Å². The van der Waals surface area contributed by atoms with Crippen molar-refractivity contribution in [3.05, 3.63) is 76.9 Å². The van der Waals surface area contributed by atoms with E-state index in [-0.39, 0.29) is 34.1 Å². The number of carbonyl (C=O) groups is 3. The summed E-state index contributed by atoms with van der Waals surface area (Å²) in [5.74, 6) is 5.50. The molecule has 3 aromatic rings. The maximum absolute atomic E-state index is 13.3. The second kappa shape index (κ2) is 11.0. The second-order valence-corrected chi connectivity index (χ2v) is 10.8. The molecule has 1 aliphatic heterocycles. The second-order valence-electron chi connectivity index (χ2n) is 10.8. The number of nitrogens with zero attached hydrogens (tertiary/aromatic N) is 5. The summed E-state index contributed by atoms with van der Waals surface area (Å²) in [6, 6.07) is 11.5. The van der Waals surface area contributed by atoms with E-state index in [1.54, 1.807) is 47.5 Å². The molecule has 0 radical (unpaired) electrons. The molecule has 40 heavy (non-hydrogen) atoms. The van der Waals surface area contributed by atoms with Crippen LogP contribution in [0.5, 0.6) is 0 Å². The molecule has 0 bridgehead atoms. The van der Waals surface area contributed by atoms with Gasteiger partial charge in [0.2, 0.25) is 0 Å². The molecule has 2 aromatic heterocycles. The Labute approximate surface area is 232 Å². The van der Waals surface area contributed by atoms with Crippen LogP contribution in [-0.2, 0) is 4.79 Å². The van der Waals surface area contributed by atoms with Gasteiger partial charge >= 0.3 is 0 Å². The molecule has 0 spiro atoms. The van der Waals surface area contributed by atoms with Crippen LogP contribution in [0.4, 0.5) is 5.82 Å². The van der Waals surface area contributed by atoms with Gasteiger partial charge in [0, 0.05) is 23.9 Å². The van der Waals surface area contributed by atoms with Gasteiger partial charge < -0.3 is 21.8 Å². The number of aryl methyl sites for hydroxylation is 1. The van der Waals surface area contributed by atoms with Crippen molar-refractivity contribution in [3.63, 3.8) is 0 Å². The fourth-order valence-electron chi connectivity index (χ4n) is 4.64. The van der Waals surface area contributed by atoms with Crippen molar-refractivity contribution in [2.45, 2.75) is 46.6 Å². The number of imidazole rings is 1. The summed E-state index contributed by atoms with van der Waals surface area (Å²) in [4.78, 5) is 48.9. The van der Waals surface area contributed by atoms with E-state index in [4.69, 9.17) is 11.6 Å². The van der Waals surface area contributed by atoms with Crippen molar-refractivity contribution in [2.24, 2.45) is 11.1 Å². The first-order chi connectivity index (χ1) is 18.9. The van der Waals surface area contributed by atoms with Crippen LogP contribution in [0.1, 0.15) is 71.9 Å². The lowest BCUT2D eigenvalue weighted by Crippen LogP contribution is -2.35. The molecule has 0 saturated carbocycles. The molecular weight excluding hydrogens is 508 g/mol. The van der Waals surface area contributed by atoms with E-state index in [2.05, 4.69) is 15.3 Å². The minimum atomic E-state index is -0.787. The van der Waals surface area contributed by atoms with Crippen LogP contribution in [0.15, 0.2) is 54.2 Å². The molecule has 11 heteroatoms. The summed E-state index contributed by atoms with van der Waals surface area (Å²) in [6.45, 7) is 8.05. The maximum atomic E-state index is 13.3. The summed E-state index contributed by atoms with van der Waals surface area (Å²) in [5.41, 5.74) is 7.45. The van der Waals surface area contributed by atoms with Gasteiger partial charge in [-0.05, 0) is 48.9 Å². The van der Waals surface area contributed by atoms with E-state index in [0.717, 1.165) is 10.2 Å². The summed E-state index contributed by atoms with van der Waals surface area (Å²) >= 11 is 0. The van der Waals surface area contributed by atoms with E-state index < -0.39 is 17.9 Å². The van der Waals surface area contributed by atoms with Crippen molar-refractivity contribution in [3.8, 4) is 17.3 Å². The van der Waals surface area contributed by atoms with Gasteiger partial charge in [-0.2, -0.15) is 5.26 Å². The van der Waals surface area contributed by atoms with Gasteiger partial charge in [-0.1, -0.05) is 45.0 Å². The molecule has 1 atom stereocenters. The fourth-order valence-corrected chi connectivity index (χ4v) is 4.64. The minimum Gasteiger partial charge on any atom is -0.364 e. The first-order valence-electron chi connectivity index (χ1n) is 12.9. The highest BCUT2D eigenvalue weighted by molar-refractivity contribution is 6.04. The number of primary amides is 1. The van der Waals surface area contributed by atoms with Crippen LogP contribution in [0.25, 0.3) is 11.3 Å². The zero-order valence-electron chi connectivity index (χ0n) is 22.9. The SMILES string of the molecule is Cc1ccc(NC(=O)c2ccc(-c3nc(C4CCCN4C(=O)C(C#N)=CC(C)(C)C)n(N)c3C(N)=O)cc2)nc1. The van der Waals surface area contributed by atoms with E-state index in [1.807, 2.05) is 39.8 Å². The Kier molecular flexibility index (Phi) is 7.72. The lowest BCUT2D eigenvalue weighted by atomic mass is 9.93. The predicted molar refractivity (Wildman–Crippen MR) is 150 cm³/mol. The number of carbonyl (C=O) groups excluding carboxylic acids is 3. The van der Waals surface area contributed by atoms with Crippen molar-refractivity contribution in [1.29, 1.82) is 5.26 Å². The maximum Gasteiger partial charge on any atom is 0.269 e. The lowest BCUT2D eigenvalue weighted by Gasteiger charge is -2.25. The van der Waals surface area contributed by atoms with Crippen molar-refractivity contribution < 1.29 is 14.4 Å². The molecule has 1 aliphatic rings. The average molecular weight is 541 g/mol. The van der Waals surface area contributed by atoms with Gasteiger partial charge in [-0.15, -0.1) is 0 Å². The number of nitriles is 1. The minimum absolute atomic E-state index is 0.0268. The molecule has 5 N–H and O–H groups in total. The number of hydrogen-bond acceptors (Lipinski definition) is 7. The van der Waals surface area contributed by atoms with Gasteiger partial charge in [0.25, 0.3) is 17.7 Å². The zero-order valence-corrected chi connectivity index (χ0v) is 22.9. The number of aromatic nitrogens is 3. The molecule has 1 aromatic carbocycles. The van der Waals surface area contributed by atoms with Gasteiger partial charge in [0.05, 0.1) is 6.04 Å². The Bertz CT molecular complexity index is 1520. The first-order valence-corrected chi connectivity index (χ1v) is 12.9. The molecule has 3 heterocycles. The van der Waals surface area contributed by atoms with Crippen LogP contribution < -0.4 is 16.9 Å². The van der Waals surface area contributed by atoms with Crippen LogP contribution in [0.2, 0.25) is 0 Å². The zero-order chi connectivity index (χ0) is 29.2. The largest absolute Gasteiger partial charge is 0.364 e. The summed E-state index contributed by atoms with van der Waals surface area (Å²) in [6.07, 6.45) is 4.54. The highest BCUT2D eigenvalue weighted by atomic mass is 16.2. The molecule has 3 amide bonds. The monoisotopic (exact) mass is 540 g/mol. The normalized spacial score (nSPS) is 15.5. The number of nitrogens with two attached hydrogens (primary N) is 2. The number of benzene rings is 1. The number of pyridine rings is 1. The Balaban J connectivity index is 1.64. The molecule has 0 aliphatic carbocycles. The molecule has 4 rings (SSSR count). The third-order valence-electron chi connectivity index (χ3n) is 6.49. The van der Waals surface area contributed by atoms with E-state index in [1.165, 1.54) is 0 Å². The van der Waals surface area contributed by atoms with Crippen LogP contribution in [0, 0.1) is 23.7 Å². The number of nitrogen functional groups attached to an aromatic ring is 1. The van der Waals surface area contributed by atoms with Crippen molar-refractivity contribution in [2.75, 3.05) is 17.7 Å².